The van der Waals surface area contributed by atoms with Crippen molar-refractivity contribution in [3.8, 4) is 5.75 Å². The molecule has 0 radical (unpaired) electrons. The molecule has 27 heavy (non-hydrogen) atoms. The molecule has 0 saturated carbocycles. The summed E-state index contributed by atoms with van der Waals surface area (Å²) in [4.78, 5) is 21.3. The van der Waals surface area contributed by atoms with Gasteiger partial charge in [-0.05, 0) is 24.3 Å². The Kier molecular flexibility index (Phi) is 5.34. The summed E-state index contributed by atoms with van der Waals surface area (Å²) in [5, 5.41) is 0. The van der Waals surface area contributed by atoms with Crippen molar-refractivity contribution in [3.63, 3.8) is 0 Å². The molecule has 6 heteroatoms. The number of carbonyl (C=O) groups is 1. The summed E-state index contributed by atoms with van der Waals surface area (Å²) in [6, 6.07) is 17.8. The molecule has 2 heterocycles. The topological polar surface area (TPSA) is 50.6 Å². The molecule has 0 bridgehead atoms. The largest absolute Gasteiger partial charge is 0.492 e. The van der Waals surface area contributed by atoms with Crippen LogP contribution in [0, 0.1) is 0 Å². The third-order valence-electron chi connectivity index (χ3n) is 4.98. The van der Waals surface area contributed by atoms with Crippen LogP contribution in [-0.4, -0.2) is 64.6 Å². The first-order valence-corrected chi connectivity index (χ1v) is 9.37. The molecule has 1 aliphatic rings. The van der Waals surface area contributed by atoms with E-state index in [-0.39, 0.29) is 5.91 Å². The van der Waals surface area contributed by atoms with Crippen molar-refractivity contribution in [2.45, 2.75) is 6.54 Å². The minimum atomic E-state index is 0.151. The van der Waals surface area contributed by atoms with E-state index in [1.807, 2.05) is 64.1 Å². The number of carbonyl (C=O) groups excluding carboxylic acids is 1. The number of nitrogens with zero attached hydrogens (tertiary/aromatic N) is 4. The number of imidazole rings is 1. The second-order valence-electron chi connectivity index (χ2n) is 6.75. The van der Waals surface area contributed by atoms with Crippen LogP contribution in [0.15, 0.2) is 60.9 Å². The van der Waals surface area contributed by atoms with Crippen LogP contribution in [0.1, 0.15) is 0 Å². The fourth-order valence-electron chi connectivity index (χ4n) is 3.41. The Hall–Kier alpha value is -2.86. The van der Waals surface area contributed by atoms with Gasteiger partial charge in [-0.2, -0.15) is 0 Å². The number of hydrogen-bond donors (Lipinski definition) is 0. The monoisotopic (exact) mass is 364 g/mol. The highest BCUT2D eigenvalue weighted by molar-refractivity contribution is 5.80. The summed E-state index contributed by atoms with van der Waals surface area (Å²) in [6.07, 6.45) is 1.75. The Bertz CT molecular complexity index is 885. The molecule has 3 aromatic rings. The van der Waals surface area contributed by atoms with E-state index >= 15 is 0 Å². The van der Waals surface area contributed by atoms with E-state index in [4.69, 9.17) is 4.74 Å². The number of amides is 1. The van der Waals surface area contributed by atoms with E-state index in [1.54, 1.807) is 6.33 Å². The molecule has 1 aromatic heterocycles. The quantitative estimate of drug-likeness (QED) is 0.673. The normalized spacial score (nSPS) is 15.2. The molecular weight excluding hydrogens is 340 g/mol. The first-order chi connectivity index (χ1) is 13.3. The number of para-hydroxylation sites is 3. The van der Waals surface area contributed by atoms with E-state index in [0.29, 0.717) is 13.2 Å². The van der Waals surface area contributed by atoms with Crippen LogP contribution in [0.25, 0.3) is 11.0 Å². The van der Waals surface area contributed by atoms with Crippen molar-refractivity contribution in [2.24, 2.45) is 0 Å². The first kappa shape index (κ1) is 17.5. The van der Waals surface area contributed by atoms with E-state index in [2.05, 4.69) is 9.88 Å². The van der Waals surface area contributed by atoms with Gasteiger partial charge in [0.15, 0.2) is 0 Å². The second kappa shape index (κ2) is 8.22. The highest BCUT2D eigenvalue weighted by Crippen LogP contribution is 2.13. The summed E-state index contributed by atoms with van der Waals surface area (Å²) in [5.41, 5.74) is 1.93. The van der Waals surface area contributed by atoms with Gasteiger partial charge in [-0.15, -0.1) is 0 Å². The molecule has 2 aromatic carbocycles. The average Bonchev–Trinajstić information content (AvgIpc) is 3.12. The Morgan fingerprint density at radius 2 is 1.70 bits per heavy atom. The van der Waals surface area contributed by atoms with Gasteiger partial charge < -0.3 is 14.2 Å². The third-order valence-corrected chi connectivity index (χ3v) is 4.98. The molecule has 0 atom stereocenters. The predicted octanol–water partition coefficient (Wildman–Crippen LogP) is 2.26. The van der Waals surface area contributed by atoms with E-state index in [0.717, 1.165) is 49.5 Å². The van der Waals surface area contributed by atoms with Crippen LogP contribution in [0.3, 0.4) is 0 Å². The minimum absolute atomic E-state index is 0.151. The second-order valence-corrected chi connectivity index (χ2v) is 6.75. The molecule has 4 rings (SSSR count). The van der Waals surface area contributed by atoms with Gasteiger partial charge in [-0.25, -0.2) is 4.98 Å². The highest BCUT2D eigenvalue weighted by Gasteiger charge is 2.21. The lowest BCUT2D eigenvalue weighted by Crippen LogP contribution is -2.50. The van der Waals surface area contributed by atoms with Crippen molar-refractivity contribution < 1.29 is 9.53 Å². The molecule has 1 fully saturated rings. The molecule has 1 amide bonds. The van der Waals surface area contributed by atoms with Gasteiger partial charge in [0, 0.05) is 32.7 Å². The Morgan fingerprint density at radius 3 is 2.52 bits per heavy atom. The van der Waals surface area contributed by atoms with Gasteiger partial charge in [-0.3, -0.25) is 9.69 Å². The zero-order chi connectivity index (χ0) is 18.5. The molecule has 0 spiro atoms. The SMILES string of the molecule is O=C(Cn1cnc2ccccc21)N1CCN(CCOc2ccccc2)CC1. The molecule has 1 saturated heterocycles. The molecule has 0 unspecified atom stereocenters. The van der Waals surface area contributed by atoms with Crippen LogP contribution < -0.4 is 4.74 Å². The zero-order valence-electron chi connectivity index (χ0n) is 15.3. The van der Waals surface area contributed by atoms with Crippen molar-refractivity contribution >= 4 is 16.9 Å². The molecule has 0 N–H and O–H groups in total. The summed E-state index contributed by atoms with van der Waals surface area (Å²) in [6.45, 7) is 5.18. The van der Waals surface area contributed by atoms with Crippen LogP contribution in [0.4, 0.5) is 0 Å². The number of piperazine rings is 1. The average molecular weight is 364 g/mol. The Balaban J connectivity index is 1.23. The maximum atomic E-state index is 12.6. The third kappa shape index (κ3) is 4.28. The Morgan fingerprint density at radius 1 is 0.963 bits per heavy atom. The van der Waals surface area contributed by atoms with E-state index in [9.17, 15) is 4.79 Å². The lowest BCUT2D eigenvalue weighted by molar-refractivity contribution is -0.133. The lowest BCUT2D eigenvalue weighted by Gasteiger charge is -2.34. The van der Waals surface area contributed by atoms with Gasteiger partial charge >= 0.3 is 0 Å². The molecule has 6 nitrogen and oxygen atoms in total. The number of rotatable bonds is 6. The van der Waals surface area contributed by atoms with Crippen molar-refractivity contribution in [1.29, 1.82) is 0 Å². The molecule has 1 aliphatic heterocycles. The van der Waals surface area contributed by atoms with Crippen LogP contribution in [0.2, 0.25) is 0 Å². The van der Waals surface area contributed by atoms with E-state index < -0.39 is 0 Å². The van der Waals surface area contributed by atoms with Crippen molar-refractivity contribution in [1.82, 2.24) is 19.4 Å². The van der Waals surface area contributed by atoms with Crippen LogP contribution in [0.5, 0.6) is 5.75 Å². The fourth-order valence-corrected chi connectivity index (χ4v) is 3.41. The van der Waals surface area contributed by atoms with Crippen LogP contribution in [-0.2, 0) is 11.3 Å². The number of fused-ring (bicyclic) bond motifs is 1. The standard InChI is InChI=1S/C21H24N4O2/c26-21(16-25-17-22-19-8-4-5-9-20(19)25)24-12-10-23(11-13-24)14-15-27-18-6-2-1-3-7-18/h1-9,17H,10-16H2. The van der Waals surface area contributed by atoms with Gasteiger partial charge in [0.05, 0.1) is 17.4 Å². The maximum absolute atomic E-state index is 12.6. The summed E-state index contributed by atoms with van der Waals surface area (Å²) < 4.78 is 7.69. The van der Waals surface area contributed by atoms with Gasteiger partial charge in [0.25, 0.3) is 0 Å². The molecule has 140 valence electrons. The summed E-state index contributed by atoms with van der Waals surface area (Å²) in [7, 11) is 0. The summed E-state index contributed by atoms with van der Waals surface area (Å²) in [5.74, 6) is 1.05. The zero-order valence-corrected chi connectivity index (χ0v) is 15.3. The number of benzene rings is 2. The summed E-state index contributed by atoms with van der Waals surface area (Å²) >= 11 is 0. The Labute approximate surface area is 159 Å². The van der Waals surface area contributed by atoms with Crippen LogP contribution >= 0.6 is 0 Å². The molecular formula is C21H24N4O2. The number of aromatic nitrogens is 2. The fraction of sp³-hybridized carbons (Fsp3) is 0.333. The lowest BCUT2D eigenvalue weighted by atomic mass is 10.3. The molecule has 0 aliphatic carbocycles. The van der Waals surface area contributed by atoms with Gasteiger partial charge in [0.1, 0.15) is 18.9 Å². The van der Waals surface area contributed by atoms with Crippen molar-refractivity contribution in [3.05, 3.63) is 60.9 Å². The highest BCUT2D eigenvalue weighted by atomic mass is 16.5. The van der Waals surface area contributed by atoms with E-state index in [1.165, 1.54) is 0 Å². The number of hydrogen-bond acceptors (Lipinski definition) is 4. The van der Waals surface area contributed by atoms with Gasteiger partial charge in [0.2, 0.25) is 5.91 Å². The predicted molar refractivity (Wildman–Crippen MR) is 105 cm³/mol. The van der Waals surface area contributed by atoms with Gasteiger partial charge in [-0.1, -0.05) is 30.3 Å². The smallest absolute Gasteiger partial charge is 0.242 e. The number of ether oxygens (including phenoxy) is 1. The first-order valence-electron chi connectivity index (χ1n) is 9.37. The maximum Gasteiger partial charge on any atom is 0.242 e. The van der Waals surface area contributed by atoms with Crippen molar-refractivity contribution in [2.75, 3.05) is 39.3 Å². The minimum Gasteiger partial charge on any atom is -0.492 e.